The van der Waals surface area contributed by atoms with E-state index >= 15 is 0 Å². The molecule has 4 aromatic rings. The number of carbonyl (C=O) groups is 2. The lowest BCUT2D eigenvalue weighted by atomic mass is 10.0. The van der Waals surface area contributed by atoms with Gasteiger partial charge in [0.05, 0.1) is 12.7 Å². The minimum atomic E-state index is -0.512. The molecule has 30 heavy (non-hydrogen) atoms. The molecule has 7 heteroatoms. The summed E-state index contributed by atoms with van der Waals surface area (Å²) in [7, 11) is 0. The predicted molar refractivity (Wildman–Crippen MR) is 107 cm³/mol. The number of ketones is 1. The van der Waals surface area contributed by atoms with Gasteiger partial charge >= 0.3 is 5.97 Å². The van der Waals surface area contributed by atoms with Crippen molar-refractivity contribution in [2.45, 2.75) is 19.4 Å². The Morgan fingerprint density at radius 3 is 2.33 bits per heavy atom. The Hall–Kier alpha value is -4.00. The van der Waals surface area contributed by atoms with Crippen LogP contribution < -0.4 is 0 Å². The number of furan rings is 1. The summed E-state index contributed by atoms with van der Waals surface area (Å²) in [4.78, 5) is 24.3. The van der Waals surface area contributed by atoms with E-state index in [1.165, 1.54) is 6.26 Å². The van der Waals surface area contributed by atoms with Gasteiger partial charge in [0.25, 0.3) is 11.8 Å². The lowest BCUT2D eigenvalue weighted by molar-refractivity contribution is -0.145. The molecular weight excluding hydrogens is 384 g/mol. The predicted octanol–water partition coefficient (Wildman–Crippen LogP) is 4.70. The molecule has 0 bridgehead atoms. The van der Waals surface area contributed by atoms with Crippen molar-refractivity contribution in [1.82, 2.24) is 10.2 Å². The number of Topliss-reactive ketones (excluding diaryl/α,β-unsaturated/α-hetero) is 1. The molecule has 150 valence electrons. The lowest BCUT2D eigenvalue weighted by Crippen LogP contribution is -2.08. The van der Waals surface area contributed by atoms with Gasteiger partial charge in [0.15, 0.2) is 18.2 Å². The third kappa shape index (κ3) is 4.70. The zero-order valence-electron chi connectivity index (χ0n) is 16.0. The molecule has 2 aromatic heterocycles. The van der Waals surface area contributed by atoms with Gasteiger partial charge in [-0.05, 0) is 23.3 Å². The Morgan fingerprint density at radius 2 is 1.60 bits per heavy atom. The molecular formula is C23H18N2O5. The van der Waals surface area contributed by atoms with Crippen LogP contribution in [0, 0.1) is 0 Å². The molecule has 2 aromatic carbocycles. The second-order valence-corrected chi connectivity index (χ2v) is 6.51. The van der Waals surface area contributed by atoms with E-state index in [0.29, 0.717) is 11.3 Å². The third-order valence-corrected chi connectivity index (χ3v) is 4.43. The largest absolute Gasteiger partial charge is 0.459 e. The first-order valence-corrected chi connectivity index (χ1v) is 9.39. The number of hydrogen-bond donors (Lipinski definition) is 0. The zero-order chi connectivity index (χ0) is 20.8. The average molecular weight is 402 g/mol. The topological polar surface area (TPSA) is 95.4 Å². The Labute approximate surface area is 172 Å². The van der Waals surface area contributed by atoms with Gasteiger partial charge in [0.1, 0.15) is 0 Å². The number of ether oxygens (including phenoxy) is 1. The van der Waals surface area contributed by atoms with E-state index in [1.54, 1.807) is 24.3 Å². The van der Waals surface area contributed by atoms with E-state index in [-0.39, 0.29) is 37.0 Å². The van der Waals surface area contributed by atoms with Gasteiger partial charge < -0.3 is 13.6 Å². The maximum Gasteiger partial charge on any atom is 0.306 e. The van der Waals surface area contributed by atoms with Crippen molar-refractivity contribution in [3.05, 3.63) is 84.4 Å². The van der Waals surface area contributed by atoms with Crippen LogP contribution in [-0.4, -0.2) is 21.9 Å². The van der Waals surface area contributed by atoms with Gasteiger partial charge in [-0.1, -0.05) is 54.6 Å². The molecule has 2 heterocycles. The van der Waals surface area contributed by atoms with Gasteiger partial charge in [-0.3, -0.25) is 9.59 Å². The average Bonchev–Trinajstić information content (AvgIpc) is 3.49. The molecule has 0 unspecified atom stereocenters. The third-order valence-electron chi connectivity index (χ3n) is 4.43. The first-order chi connectivity index (χ1) is 14.7. The monoisotopic (exact) mass is 402 g/mol. The highest BCUT2D eigenvalue weighted by atomic mass is 16.5. The number of esters is 1. The second kappa shape index (κ2) is 9.00. The number of nitrogens with zero attached hydrogens (tertiary/aromatic N) is 2. The van der Waals surface area contributed by atoms with E-state index in [0.717, 1.165) is 11.1 Å². The fraction of sp³-hybridized carbons (Fsp3) is 0.130. The van der Waals surface area contributed by atoms with Crippen molar-refractivity contribution in [3.63, 3.8) is 0 Å². The van der Waals surface area contributed by atoms with Crippen molar-refractivity contribution >= 4 is 11.8 Å². The van der Waals surface area contributed by atoms with Crippen molar-refractivity contribution in [1.29, 1.82) is 0 Å². The summed E-state index contributed by atoms with van der Waals surface area (Å²) in [6.45, 7) is -0.160. The van der Waals surface area contributed by atoms with Crippen LogP contribution in [-0.2, 0) is 16.1 Å². The number of aromatic nitrogens is 2. The lowest BCUT2D eigenvalue weighted by Gasteiger charge is -2.05. The Bertz CT molecular complexity index is 1120. The SMILES string of the molecule is O=C(CCC(=O)c1ccc(-c2ccccc2)cc1)OCc1nnc(-c2ccco2)o1. The summed E-state index contributed by atoms with van der Waals surface area (Å²) in [5.74, 6) is 0.160. The number of benzene rings is 2. The summed E-state index contributed by atoms with van der Waals surface area (Å²) in [6.07, 6.45) is 1.52. The van der Waals surface area contributed by atoms with Gasteiger partial charge in [-0.25, -0.2) is 0 Å². The maximum atomic E-state index is 12.3. The first-order valence-electron chi connectivity index (χ1n) is 9.39. The van der Waals surface area contributed by atoms with E-state index in [1.807, 2.05) is 42.5 Å². The molecule has 0 fully saturated rings. The fourth-order valence-electron chi connectivity index (χ4n) is 2.87. The molecule has 0 N–H and O–H groups in total. The number of carbonyl (C=O) groups excluding carboxylic acids is 2. The highest BCUT2D eigenvalue weighted by Crippen LogP contribution is 2.20. The van der Waals surface area contributed by atoms with E-state index < -0.39 is 5.97 Å². The standard InChI is InChI=1S/C23H18N2O5/c26-19(18-10-8-17(9-11-18)16-5-2-1-3-6-16)12-13-22(27)29-15-21-24-25-23(30-21)20-7-4-14-28-20/h1-11,14H,12-13,15H2. The number of rotatable bonds is 8. The Kier molecular flexibility index (Phi) is 5.80. The van der Waals surface area contributed by atoms with Gasteiger partial charge in [-0.15, -0.1) is 10.2 Å². The Balaban J connectivity index is 1.25. The first kappa shape index (κ1) is 19.3. The van der Waals surface area contributed by atoms with Crippen LogP contribution in [0.1, 0.15) is 29.1 Å². The summed E-state index contributed by atoms with van der Waals surface area (Å²) in [5.41, 5.74) is 2.67. The summed E-state index contributed by atoms with van der Waals surface area (Å²) >= 11 is 0. The minimum Gasteiger partial charge on any atom is -0.459 e. The van der Waals surface area contributed by atoms with Crippen molar-refractivity contribution in [3.8, 4) is 22.8 Å². The van der Waals surface area contributed by atoms with Crippen molar-refractivity contribution < 1.29 is 23.2 Å². The van der Waals surface area contributed by atoms with Crippen LogP contribution in [0.3, 0.4) is 0 Å². The summed E-state index contributed by atoms with van der Waals surface area (Å²) in [6, 6.07) is 20.6. The van der Waals surface area contributed by atoms with Crippen LogP contribution in [0.25, 0.3) is 22.8 Å². The quantitative estimate of drug-likeness (QED) is 0.311. The molecule has 7 nitrogen and oxygen atoms in total. The molecule has 0 atom stereocenters. The van der Waals surface area contributed by atoms with E-state index in [2.05, 4.69) is 10.2 Å². The van der Waals surface area contributed by atoms with Crippen LogP contribution >= 0.6 is 0 Å². The van der Waals surface area contributed by atoms with Crippen LogP contribution in [0.15, 0.2) is 81.8 Å². The zero-order valence-corrected chi connectivity index (χ0v) is 16.0. The van der Waals surface area contributed by atoms with E-state index in [4.69, 9.17) is 13.6 Å². The molecule has 0 aliphatic rings. The molecule has 0 saturated carbocycles. The molecule has 0 aliphatic heterocycles. The van der Waals surface area contributed by atoms with Crippen LogP contribution in [0.2, 0.25) is 0 Å². The van der Waals surface area contributed by atoms with Crippen LogP contribution in [0.4, 0.5) is 0 Å². The highest BCUT2D eigenvalue weighted by molar-refractivity contribution is 5.97. The molecule has 0 saturated heterocycles. The van der Waals surface area contributed by atoms with Crippen molar-refractivity contribution in [2.75, 3.05) is 0 Å². The second-order valence-electron chi connectivity index (χ2n) is 6.51. The summed E-state index contributed by atoms with van der Waals surface area (Å²) in [5, 5.41) is 7.62. The molecule has 0 aliphatic carbocycles. The maximum absolute atomic E-state index is 12.3. The van der Waals surface area contributed by atoms with Gasteiger partial charge in [0.2, 0.25) is 0 Å². The van der Waals surface area contributed by atoms with Crippen molar-refractivity contribution in [2.24, 2.45) is 0 Å². The fourth-order valence-corrected chi connectivity index (χ4v) is 2.87. The highest BCUT2D eigenvalue weighted by Gasteiger charge is 2.14. The molecule has 0 amide bonds. The number of hydrogen-bond acceptors (Lipinski definition) is 7. The van der Waals surface area contributed by atoms with E-state index in [9.17, 15) is 9.59 Å². The molecule has 0 radical (unpaired) electrons. The van der Waals surface area contributed by atoms with Crippen LogP contribution in [0.5, 0.6) is 0 Å². The Morgan fingerprint density at radius 1 is 0.833 bits per heavy atom. The minimum absolute atomic E-state index is 0.0293. The smallest absolute Gasteiger partial charge is 0.306 e. The summed E-state index contributed by atoms with van der Waals surface area (Å²) < 4.78 is 15.6. The van der Waals surface area contributed by atoms with Gasteiger partial charge in [-0.2, -0.15) is 0 Å². The molecule has 0 spiro atoms. The van der Waals surface area contributed by atoms with Gasteiger partial charge in [0, 0.05) is 12.0 Å². The molecule has 4 rings (SSSR count). The normalized spacial score (nSPS) is 10.7.